The first-order valence-corrected chi connectivity index (χ1v) is 6.53. The molecule has 1 aliphatic carbocycles. The molecular weight excluding hydrogens is 215 g/mol. The van der Waals surface area contributed by atoms with Crippen LogP contribution in [0.5, 0.6) is 0 Å². The normalized spacial score (nSPS) is 15.1. The fraction of sp³-hybridized carbons (Fsp3) is 0.571. The zero-order valence-electron chi connectivity index (χ0n) is 10.2. The second kappa shape index (κ2) is 6.72. The number of hydrogen-bond acceptors (Lipinski definition) is 2. The Bertz CT molecular complexity index is 337. The predicted molar refractivity (Wildman–Crippen MR) is 68.6 cm³/mol. The number of rotatable bonds is 8. The minimum atomic E-state index is -0.142. The van der Waals surface area contributed by atoms with Gasteiger partial charge in [0.15, 0.2) is 0 Å². The molecule has 0 unspecified atom stereocenters. The van der Waals surface area contributed by atoms with E-state index in [1.54, 1.807) is 12.1 Å². The van der Waals surface area contributed by atoms with Crippen molar-refractivity contribution in [2.24, 2.45) is 0 Å². The summed E-state index contributed by atoms with van der Waals surface area (Å²) in [4.78, 5) is 0. The molecule has 0 radical (unpaired) electrons. The van der Waals surface area contributed by atoms with Crippen molar-refractivity contribution in [2.75, 3.05) is 19.6 Å². The van der Waals surface area contributed by atoms with Gasteiger partial charge in [0.25, 0.3) is 0 Å². The average molecular weight is 236 g/mol. The van der Waals surface area contributed by atoms with E-state index in [2.05, 4.69) is 10.6 Å². The van der Waals surface area contributed by atoms with Crippen LogP contribution in [0.3, 0.4) is 0 Å². The standard InChI is InChI=1S/C14H21FN2/c15-13-4-1-3-12(11-13)7-10-16-8-2-9-17-14-5-6-14/h1,3-4,11,14,16-17H,2,5-10H2. The molecule has 0 spiro atoms. The van der Waals surface area contributed by atoms with E-state index >= 15 is 0 Å². The fourth-order valence-corrected chi connectivity index (χ4v) is 1.86. The third kappa shape index (κ3) is 5.29. The smallest absolute Gasteiger partial charge is 0.123 e. The molecule has 0 bridgehead atoms. The van der Waals surface area contributed by atoms with Crippen LogP contribution in [-0.2, 0) is 6.42 Å². The summed E-state index contributed by atoms with van der Waals surface area (Å²) in [6, 6.07) is 7.64. The first kappa shape index (κ1) is 12.5. The largest absolute Gasteiger partial charge is 0.316 e. The van der Waals surface area contributed by atoms with Crippen molar-refractivity contribution < 1.29 is 4.39 Å². The van der Waals surface area contributed by atoms with Crippen molar-refractivity contribution in [3.05, 3.63) is 35.6 Å². The molecule has 0 amide bonds. The van der Waals surface area contributed by atoms with Gasteiger partial charge in [-0.15, -0.1) is 0 Å². The molecule has 0 aromatic heterocycles. The summed E-state index contributed by atoms with van der Waals surface area (Å²) >= 11 is 0. The van der Waals surface area contributed by atoms with Crippen molar-refractivity contribution in [2.45, 2.75) is 31.7 Å². The lowest BCUT2D eigenvalue weighted by Gasteiger charge is -2.05. The van der Waals surface area contributed by atoms with E-state index in [0.717, 1.165) is 37.7 Å². The topological polar surface area (TPSA) is 24.1 Å². The minimum absolute atomic E-state index is 0.142. The van der Waals surface area contributed by atoms with Crippen LogP contribution in [0.15, 0.2) is 24.3 Å². The molecule has 0 saturated heterocycles. The summed E-state index contributed by atoms with van der Waals surface area (Å²) < 4.78 is 12.9. The molecule has 2 N–H and O–H groups in total. The molecular formula is C14H21FN2. The Morgan fingerprint density at radius 1 is 1.18 bits per heavy atom. The Morgan fingerprint density at radius 2 is 2.06 bits per heavy atom. The van der Waals surface area contributed by atoms with Gasteiger partial charge in [-0.1, -0.05) is 12.1 Å². The summed E-state index contributed by atoms with van der Waals surface area (Å²) in [5, 5.41) is 6.87. The average Bonchev–Trinajstić information content (AvgIpc) is 3.12. The van der Waals surface area contributed by atoms with Crippen LogP contribution in [0.2, 0.25) is 0 Å². The maximum Gasteiger partial charge on any atom is 0.123 e. The SMILES string of the molecule is Fc1cccc(CCNCCCNC2CC2)c1. The van der Waals surface area contributed by atoms with Gasteiger partial charge < -0.3 is 10.6 Å². The van der Waals surface area contributed by atoms with Crippen molar-refractivity contribution in [3.8, 4) is 0 Å². The van der Waals surface area contributed by atoms with Crippen LogP contribution >= 0.6 is 0 Å². The first-order valence-electron chi connectivity index (χ1n) is 6.53. The van der Waals surface area contributed by atoms with E-state index < -0.39 is 0 Å². The molecule has 0 aliphatic heterocycles. The van der Waals surface area contributed by atoms with Crippen LogP contribution in [0.25, 0.3) is 0 Å². The van der Waals surface area contributed by atoms with Crippen LogP contribution in [0.1, 0.15) is 24.8 Å². The lowest BCUT2D eigenvalue weighted by atomic mass is 10.1. The molecule has 17 heavy (non-hydrogen) atoms. The van der Waals surface area contributed by atoms with E-state index in [1.165, 1.54) is 25.3 Å². The lowest BCUT2D eigenvalue weighted by molar-refractivity contribution is 0.592. The maximum absolute atomic E-state index is 12.9. The molecule has 2 nitrogen and oxygen atoms in total. The van der Waals surface area contributed by atoms with Gasteiger partial charge in [-0.05, 0) is 63.0 Å². The first-order chi connectivity index (χ1) is 8.34. The minimum Gasteiger partial charge on any atom is -0.316 e. The highest BCUT2D eigenvalue weighted by Crippen LogP contribution is 2.18. The van der Waals surface area contributed by atoms with Gasteiger partial charge in [-0.2, -0.15) is 0 Å². The maximum atomic E-state index is 12.9. The van der Waals surface area contributed by atoms with E-state index in [-0.39, 0.29) is 5.82 Å². The number of benzene rings is 1. The molecule has 1 aromatic rings. The summed E-state index contributed by atoms with van der Waals surface area (Å²) in [5.74, 6) is -0.142. The highest BCUT2D eigenvalue weighted by molar-refractivity contribution is 5.16. The molecule has 1 aliphatic rings. The summed E-state index contributed by atoms with van der Waals surface area (Å²) in [5.41, 5.74) is 1.06. The van der Waals surface area contributed by atoms with Crippen LogP contribution < -0.4 is 10.6 Å². The third-order valence-corrected chi connectivity index (χ3v) is 3.02. The van der Waals surface area contributed by atoms with E-state index in [4.69, 9.17) is 0 Å². The van der Waals surface area contributed by atoms with E-state index in [0.29, 0.717) is 0 Å². The van der Waals surface area contributed by atoms with Gasteiger partial charge in [0, 0.05) is 6.04 Å². The Kier molecular flexibility index (Phi) is 4.95. The number of hydrogen-bond donors (Lipinski definition) is 2. The van der Waals surface area contributed by atoms with Gasteiger partial charge >= 0.3 is 0 Å². The second-order valence-electron chi connectivity index (χ2n) is 4.71. The van der Waals surface area contributed by atoms with Gasteiger partial charge in [0.1, 0.15) is 5.82 Å². The van der Waals surface area contributed by atoms with Crippen molar-refractivity contribution >= 4 is 0 Å². The van der Waals surface area contributed by atoms with E-state index in [1.807, 2.05) is 6.07 Å². The molecule has 1 saturated carbocycles. The molecule has 3 heteroatoms. The molecule has 2 rings (SSSR count). The molecule has 94 valence electrons. The van der Waals surface area contributed by atoms with Crippen LogP contribution in [0, 0.1) is 5.82 Å². The van der Waals surface area contributed by atoms with Gasteiger partial charge in [0.05, 0.1) is 0 Å². The van der Waals surface area contributed by atoms with Crippen molar-refractivity contribution in [3.63, 3.8) is 0 Å². The van der Waals surface area contributed by atoms with Crippen molar-refractivity contribution in [1.29, 1.82) is 0 Å². The molecule has 0 heterocycles. The third-order valence-electron chi connectivity index (χ3n) is 3.02. The summed E-state index contributed by atoms with van der Waals surface area (Å²) in [6.07, 6.45) is 4.77. The summed E-state index contributed by atoms with van der Waals surface area (Å²) in [7, 11) is 0. The van der Waals surface area contributed by atoms with Crippen LogP contribution in [0.4, 0.5) is 4.39 Å². The lowest BCUT2D eigenvalue weighted by Crippen LogP contribution is -2.24. The molecule has 1 fully saturated rings. The van der Waals surface area contributed by atoms with Crippen molar-refractivity contribution in [1.82, 2.24) is 10.6 Å². The highest BCUT2D eigenvalue weighted by atomic mass is 19.1. The number of halogens is 1. The molecule has 0 atom stereocenters. The van der Waals surface area contributed by atoms with Crippen LogP contribution in [-0.4, -0.2) is 25.7 Å². The second-order valence-corrected chi connectivity index (χ2v) is 4.71. The predicted octanol–water partition coefficient (Wildman–Crippen LogP) is 2.10. The Labute approximate surface area is 103 Å². The zero-order valence-corrected chi connectivity index (χ0v) is 10.2. The van der Waals surface area contributed by atoms with Gasteiger partial charge in [-0.25, -0.2) is 4.39 Å². The monoisotopic (exact) mass is 236 g/mol. The van der Waals surface area contributed by atoms with E-state index in [9.17, 15) is 4.39 Å². The summed E-state index contributed by atoms with van der Waals surface area (Å²) in [6.45, 7) is 3.07. The Morgan fingerprint density at radius 3 is 2.82 bits per heavy atom. The Hall–Kier alpha value is -0.930. The number of nitrogens with one attached hydrogen (secondary N) is 2. The Balaban J connectivity index is 1.47. The quantitative estimate of drug-likeness (QED) is 0.675. The fourth-order valence-electron chi connectivity index (χ4n) is 1.86. The van der Waals surface area contributed by atoms with Gasteiger partial charge in [-0.3, -0.25) is 0 Å². The zero-order chi connectivity index (χ0) is 11.9. The molecule has 1 aromatic carbocycles. The highest BCUT2D eigenvalue weighted by Gasteiger charge is 2.19. The van der Waals surface area contributed by atoms with Gasteiger partial charge in [0.2, 0.25) is 0 Å².